The number of thioether (sulfide) groups is 1. The number of nitrogen functional groups attached to an aromatic ring is 2. The van der Waals surface area contributed by atoms with E-state index in [-0.39, 0.29) is 5.69 Å². The summed E-state index contributed by atoms with van der Waals surface area (Å²) in [4.78, 5) is 23.7. The number of methoxy groups -OCH3 is 1. The lowest BCUT2D eigenvalue weighted by Gasteiger charge is -2.04. The topological polar surface area (TPSA) is 117 Å². The van der Waals surface area contributed by atoms with E-state index in [1.54, 1.807) is 18.2 Å². The second-order valence-electron chi connectivity index (χ2n) is 3.79. The first-order chi connectivity index (χ1) is 9.58. The van der Waals surface area contributed by atoms with Crippen molar-refractivity contribution in [2.45, 2.75) is 10.9 Å². The molecule has 2 heterocycles. The highest BCUT2D eigenvalue weighted by molar-refractivity contribution is 7.98. The van der Waals surface area contributed by atoms with Crippen LogP contribution in [0.25, 0.3) is 0 Å². The maximum atomic E-state index is 11.4. The molecule has 0 atom stereocenters. The van der Waals surface area contributed by atoms with Crippen molar-refractivity contribution >= 4 is 29.4 Å². The van der Waals surface area contributed by atoms with Crippen LogP contribution in [0, 0.1) is 0 Å². The normalized spacial score (nSPS) is 10.2. The molecule has 0 aromatic carbocycles. The summed E-state index contributed by atoms with van der Waals surface area (Å²) in [5.74, 6) is 0.655. The number of ether oxygens (including phenoxy) is 1. The molecule has 104 valence electrons. The van der Waals surface area contributed by atoms with E-state index in [0.717, 1.165) is 0 Å². The first-order valence-electron chi connectivity index (χ1n) is 5.65. The van der Waals surface area contributed by atoms with Crippen LogP contribution in [0.15, 0.2) is 29.4 Å². The van der Waals surface area contributed by atoms with E-state index in [2.05, 4.69) is 19.7 Å². The zero-order chi connectivity index (χ0) is 14.5. The van der Waals surface area contributed by atoms with Gasteiger partial charge in [0, 0.05) is 11.8 Å². The smallest absolute Gasteiger partial charge is 0.356 e. The van der Waals surface area contributed by atoms with E-state index in [0.29, 0.717) is 28.2 Å². The van der Waals surface area contributed by atoms with Crippen LogP contribution in [0.3, 0.4) is 0 Å². The number of hydrogen-bond acceptors (Lipinski definition) is 8. The van der Waals surface area contributed by atoms with E-state index in [1.165, 1.54) is 24.9 Å². The van der Waals surface area contributed by atoms with E-state index in [1.807, 2.05) is 0 Å². The van der Waals surface area contributed by atoms with Gasteiger partial charge in [-0.1, -0.05) is 17.8 Å². The van der Waals surface area contributed by atoms with Crippen molar-refractivity contribution in [3.05, 3.63) is 35.7 Å². The van der Waals surface area contributed by atoms with Gasteiger partial charge < -0.3 is 16.2 Å². The first kappa shape index (κ1) is 14.1. The Morgan fingerprint density at radius 2 is 1.95 bits per heavy atom. The summed E-state index contributed by atoms with van der Waals surface area (Å²) in [5, 5.41) is 0.466. The number of nitrogens with two attached hydrogens (primary N) is 2. The van der Waals surface area contributed by atoms with Gasteiger partial charge >= 0.3 is 5.97 Å². The number of hydrogen-bond donors (Lipinski definition) is 2. The molecular weight excluding hydrogens is 278 g/mol. The minimum atomic E-state index is -0.471. The minimum absolute atomic E-state index is 0.263. The lowest BCUT2D eigenvalue weighted by Crippen LogP contribution is -2.05. The Bertz CT molecular complexity index is 615. The van der Waals surface area contributed by atoms with Crippen LogP contribution in [0.1, 0.15) is 16.2 Å². The second-order valence-corrected chi connectivity index (χ2v) is 4.74. The molecule has 20 heavy (non-hydrogen) atoms. The fraction of sp³-hybridized carbons (Fsp3) is 0.167. The van der Waals surface area contributed by atoms with Crippen LogP contribution >= 0.6 is 11.8 Å². The van der Waals surface area contributed by atoms with Gasteiger partial charge in [0.1, 0.15) is 17.3 Å². The molecule has 0 radical (unpaired) electrons. The Hall–Kier alpha value is -2.35. The van der Waals surface area contributed by atoms with Crippen LogP contribution in [-0.4, -0.2) is 28.0 Å². The summed E-state index contributed by atoms with van der Waals surface area (Å²) in [6.45, 7) is 0. The maximum absolute atomic E-state index is 11.4. The minimum Gasteiger partial charge on any atom is -0.464 e. The van der Waals surface area contributed by atoms with E-state index in [4.69, 9.17) is 11.5 Å². The molecule has 0 amide bonds. The molecule has 0 fully saturated rings. The summed E-state index contributed by atoms with van der Waals surface area (Å²) in [6, 6.07) is 6.62. The third-order valence-electron chi connectivity index (χ3n) is 2.30. The highest BCUT2D eigenvalue weighted by Gasteiger charge is 2.08. The molecule has 0 unspecified atom stereocenters. The fourth-order valence-electron chi connectivity index (χ4n) is 1.44. The Kier molecular flexibility index (Phi) is 4.36. The summed E-state index contributed by atoms with van der Waals surface area (Å²) in [5.41, 5.74) is 12.2. The van der Waals surface area contributed by atoms with Gasteiger partial charge in [-0.2, -0.15) is 0 Å². The predicted octanol–water partition coefficient (Wildman–Crippen LogP) is 1.11. The molecule has 2 aromatic heterocycles. The van der Waals surface area contributed by atoms with Gasteiger partial charge in [-0.05, 0) is 12.1 Å². The lowest BCUT2D eigenvalue weighted by molar-refractivity contribution is 0.0594. The molecule has 0 aliphatic rings. The van der Waals surface area contributed by atoms with E-state index >= 15 is 0 Å². The van der Waals surface area contributed by atoms with Crippen molar-refractivity contribution in [3.63, 3.8) is 0 Å². The van der Waals surface area contributed by atoms with Crippen molar-refractivity contribution in [2.24, 2.45) is 0 Å². The number of pyridine rings is 1. The average molecular weight is 291 g/mol. The SMILES string of the molecule is COC(=O)c1cccc(CSc2nc(N)cc(N)n2)n1. The third-order valence-corrected chi connectivity index (χ3v) is 3.18. The van der Waals surface area contributed by atoms with E-state index in [9.17, 15) is 4.79 Å². The van der Waals surface area contributed by atoms with Gasteiger partial charge in [0.25, 0.3) is 0 Å². The quantitative estimate of drug-likeness (QED) is 0.489. The number of esters is 1. The highest BCUT2D eigenvalue weighted by atomic mass is 32.2. The van der Waals surface area contributed by atoms with Crippen molar-refractivity contribution in [1.82, 2.24) is 15.0 Å². The lowest BCUT2D eigenvalue weighted by atomic mass is 10.3. The van der Waals surface area contributed by atoms with Crippen molar-refractivity contribution in [2.75, 3.05) is 18.6 Å². The molecule has 2 aromatic rings. The van der Waals surface area contributed by atoms with Crippen LogP contribution in [0.5, 0.6) is 0 Å². The monoisotopic (exact) mass is 291 g/mol. The van der Waals surface area contributed by atoms with E-state index < -0.39 is 5.97 Å². The maximum Gasteiger partial charge on any atom is 0.356 e. The number of aromatic nitrogens is 3. The van der Waals surface area contributed by atoms with Gasteiger partial charge in [0.2, 0.25) is 0 Å². The molecular formula is C12H13N5O2S. The van der Waals surface area contributed by atoms with Gasteiger partial charge in [0.05, 0.1) is 12.8 Å². The zero-order valence-corrected chi connectivity index (χ0v) is 11.6. The van der Waals surface area contributed by atoms with Crippen molar-refractivity contribution in [1.29, 1.82) is 0 Å². The molecule has 0 saturated heterocycles. The zero-order valence-electron chi connectivity index (χ0n) is 10.7. The average Bonchev–Trinajstić information content (AvgIpc) is 2.43. The van der Waals surface area contributed by atoms with Crippen molar-refractivity contribution < 1.29 is 9.53 Å². The Labute approximate surface area is 119 Å². The second kappa shape index (κ2) is 6.20. The molecule has 8 heteroatoms. The van der Waals surface area contributed by atoms with Gasteiger partial charge in [0.15, 0.2) is 5.16 Å². The van der Waals surface area contributed by atoms with Crippen LogP contribution < -0.4 is 11.5 Å². The molecule has 0 bridgehead atoms. The molecule has 0 aliphatic heterocycles. The standard InChI is InChI=1S/C12H13N5O2S/c1-19-11(18)8-4-2-3-7(15-8)6-20-12-16-9(13)5-10(14)17-12/h2-5H,6H2,1H3,(H4,13,14,16,17). The third kappa shape index (κ3) is 3.58. The Balaban J connectivity index is 2.09. The predicted molar refractivity (Wildman–Crippen MR) is 76.0 cm³/mol. The fourth-order valence-corrected chi connectivity index (χ4v) is 2.22. The van der Waals surface area contributed by atoms with Gasteiger partial charge in [-0.3, -0.25) is 0 Å². The summed E-state index contributed by atoms with van der Waals surface area (Å²) in [6.07, 6.45) is 0. The number of carbonyl (C=O) groups excluding carboxylic acids is 1. The van der Waals surface area contributed by atoms with Crippen molar-refractivity contribution in [3.8, 4) is 0 Å². The van der Waals surface area contributed by atoms with Crippen LogP contribution in [0.2, 0.25) is 0 Å². The summed E-state index contributed by atoms with van der Waals surface area (Å²) >= 11 is 1.33. The molecule has 0 aliphatic carbocycles. The Morgan fingerprint density at radius 1 is 1.25 bits per heavy atom. The number of nitrogens with zero attached hydrogens (tertiary/aromatic N) is 3. The van der Waals surface area contributed by atoms with Crippen LogP contribution in [0.4, 0.5) is 11.6 Å². The van der Waals surface area contributed by atoms with Gasteiger partial charge in [-0.15, -0.1) is 0 Å². The van der Waals surface area contributed by atoms with Gasteiger partial charge in [-0.25, -0.2) is 19.7 Å². The number of anilines is 2. The molecule has 2 rings (SSSR count). The molecule has 0 spiro atoms. The number of carbonyl (C=O) groups is 1. The van der Waals surface area contributed by atoms with Crippen LogP contribution in [-0.2, 0) is 10.5 Å². The number of rotatable bonds is 4. The highest BCUT2D eigenvalue weighted by Crippen LogP contribution is 2.20. The molecule has 0 saturated carbocycles. The Morgan fingerprint density at radius 3 is 2.60 bits per heavy atom. The summed E-state index contributed by atoms with van der Waals surface area (Å²) < 4.78 is 4.62. The largest absolute Gasteiger partial charge is 0.464 e. The molecule has 7 nitrogen and oxygen atoms in total. The first-order valence-corrected chi connectivity index (χ1v) is 6.64. The summed E-state index contributed by atoms with van der Waals surface area (Å²) in [7, 11) is 1.31. The molecule has 4 N–H and O–H groups in total.